The van der Waals surface area contributed by atoms with Crippen LogP contribution < -0.4 is 5.32 Å². The molecule has 1 amide bonds. The third-order valence-corrected chi connectivity index (χ3v) is 5.07. The van der Waals surface area contributed by atoms with Crippen molar-refractivity contribution in [2.24, 2.45) is 0 Å². The third kappa shape index (κ3) is 4.78. The zero-order valence-electron chi connectivity index (χ0n) is 14.9. The summed E-state index contributed by atoms with van der Waals surface area (Å²) in [5, 5.41) is 12.5. The SMILES string of the molecule is C=CCn1c(SCC(=O)Nc2ccc(C)cc2Cl)nnc1-c1ccccc1. The highest BCUT2D eigenvalue weighted by atomic mass is 35.5. The maximum Gasteiger partial charge on any atom is 0.234 e. The van der Waals surface area contributed by atoms with Crippen molar-refractivity contribution in [3.8, 4) is 11.4 Å². The van der Waals surface area contributed by atoms with Crippen LogP contribution >= 0.6 is 23.4 Å². The fourth-order valence-corrected chi connectivity index (χ4v) is 3.56. The topological polar surface area (TPSA) is 59.8 Å². The molecule has 3 rings (SSSR count). The Morgan fingerprint density at radius 3 is 2.74 bits per heavy atom. The van der Waals surface area contributed by atoms with Crippen LogP contribution in [-0.2, 0) is 11.3 Å². The molecule has 3 aromatic rings. The van der Waals surface area contributed by atoms with E-state index in [1.807, 2.05) is 54.0 Å². The molecule has 1 N–H and O–H groups in total. The van der Waals surface area contributed by atoms with E-state index in [0.29, 0.717) is 22.4 Å². The van der Waals surface area contributed by atoms with Gasteiger partial charge >= 0.3 is 0 Å². The number of amides is 1. The van der Waals surface area contributed by atoms with E-state index in [9.17, 15) is 4.79 Å². The van der Waals surface area contributed by atoms with Crippen LogP contribution in [0.2, 0.25) is 5.02 Å². The van der Waals surface area contributed by atoms with Gasteiger partial charge in [0.2, 0.25) is 5.91 Å². The number of carbonyl (C=O) groups is 1. The quantitative estimate of drug-likeness (QED) is 0.457. The minimum Gasteiger partial charge on any atom is -0.324 e. The number of aromatic nitrogens is 3. The van der Waals surface area contributed by atoms with Crippen molar-refractivity contribution in [3.05, 3.63) is 71.8 Å². The Kier molecular flexibility index (Phi) is 6.32. The van der Waals surface area contributed by atoms with Crippen LogP contribution in [0.5, 0.6) is 0 Å². The summed E-state index contributed by atoms with van der Waals surface area (Å²) >= 11 is 7.49. The number of benzene rings is 2. The zero-order valence-corrected chi connectivity index (χ0v) is 16.4. The highest BCUT2D eigenvalue weighted by Crippen LogP contribution is 2.25. The normalized spacial score (nSPS) is 10.6. The van der Waals surface area contributed by atoms with Crippen molar-refractivity contribution in [2.45, 2.75) is 18.6 Å². The Morgan fingerprint density at radius 2 is 2.04 bits per heavy atom. The molecule has 0 saturated heterocycles. The summed E-state index contributed by atoms with van der Waals surface area (Å²) in [6.45, 7) is 6.31. The predicted octanol–water partition coefficient (Wildman–Crippen LogP) is 4.82. The van der Waals surface area contributed by atoms with Gasteiger partial charge in [-0.2, -0.15) is 0 Å². The lowest BCUT2D eigenvalue weighted by Gasteiger charge is -2.09. The first kappa shape index (κ1) is 19.2. The van der Waals surface area contributed by atoms with Crippen molar-refractivity contribution in [3.63, 3.8) is 0 Å². The van der Waals surface area contributed by atoms with Crippen molar-refractivity contribution < 1.29 is 4.79 Å². The Balaban J connectivity index is 1.71. The van der Waals surface area contributed by atoms with Gasteiger partial charge in [-0.05, 0) is 24.6 Å². The number of thioether (sulfide) groups is 1. The van der Waals surface area contributed by atoms with Crippen LogP contribution in [-0.4, -0.2) is 26.4 Å². The summed E-state index contributed by atoms with van der Waals surface area (Å²) in [5.41, 5.74) is 2.61. The molecule has 0 aliphatic rings. The van der Waals surface area contributed by atoms with E-state index >= 15 is 0 Å². The molecule has 0 atom stereocenters. The number of hydrogen-bond acceptors (Lipinski definition) is 4. The molecule has 0 radical (unpaired) electrons. The van der Waals surface area contributed by atoms with Crippen LogP contribution in [0.1, 0.15) is 5.56 Å². The highest BCUT2D eigenvalue weighted by Gasteiger charge is 2.15. The van der Waals surface area contributed by atoms with Crippen LogP contribution in [0.3, 0.4) is 0 Å². The molecule has 27 heavy (non-hydrogen) atoms. The molecule has 0 aliphatic heterocycles. The maximum atomic E-state index is 12.3. The molecule has 0 saturated carbocycles. The molecule has 0 fully saturated rings. The van der Waals surface area contributed by atoms with Gasteiger partial charge in [0.25, 0.3) is 0 Å². The standard InChI is InChI=1S/C20H19ClN4OS/c1-3-11-25-19(15-7-5-4-6-8-15)23-24-20(25)27-13-18(26)22-17-10-9-14(2)12-16(17)21/h3-10,12H,1,11,13H2,2H3,(H,22,26). The highest BCUT2D eigenvalue weighted by molar-refractivity contribution is 7.99. The van der Waals surface area contributed by atoms with Gasteiger partial charge in [-0.1, -0.05) is 65.8 Å². The molecular weight excluding hydrogens is 380 g/mol. The molecule has 0 spiro atoms. The number of rotatable bonds is 7. The fourth-order valence-electron chi connectivity index (χ4n) is 2.53. The monoisotopic (exact) mass is 398 g/mol. The summed E-state index contributed by atoms with van der Waals surface area (Å²) in [4.78, 5) is 12.3. The summed E-state index contributed by atoms with van der Waals surface area (Å²) in [7, 11) is 0. The number of aryl methyl sites for hydroxylation is 1. The van der Waals surface area contributed by atoms with Gasteiger partial charge in [0, 0.05) is 12.1 Å². The summed E-state index contributed by atoms with van der Waals surface area (Å²) < 4.78 is 1.94. The molecule has 2 aromatic carbocycles. The van der Waals surface area contributed by atoms with Gasteiger partial charge in [-0.3, -0.25) is 9.36 Å². The van der Waals surface area contributed by atoms with Crippen molar-refractivity contribution in [1.29, 1.82) is 0 Å². The van der Waals surface area contributed by atoms with Crippen LogP contribution in [0, 0.1) is 6.92 Å². The van der Waals surface area contributed by atoms with Crippen LogP contribution in [0.25, 0.3) is 11.4 Å². The second-order valence-electron chi connectivity index (χ2n) is 5.89. The van der Waals surface area contributed by atoms with E-state index in [2.05, 4.69) is 22.1 Å². The summed E-state index contributed by atoms with van der Waals surface area (Å²) in [6, 6.07) is 15.3. The van der Waals surface area contributed by atoms with E-state index in [1.165, 1.54) is 11.8 Å². The average molecular weight is 399 g/mol. The van der Waals surface area contributed by atoms with Crippen LogP contribution in [0.4, 0.5) is 5.69 Å². The van der Waals surface area contributed by atoms with Crippen molar-refractivity contribution in [1.82, 2.24) is 14.8 Å². The van der Waals surface area contributed by atoms with Crippen molar-refractivity contribution >= 4 is 35.0 Å². The Labute approximate surface area is 167 Å². The molecule has 5 nitrogen and oxygen atoms in total. The first-order valence-electron chi connectivity index (χ1n) is 8.37. The minimum atomic E-state index is -0.153. The third-order valence-electron chi connectivity index (χ3n) is 3.79. The first-order chi connectivity index (χ1) is 13.1. The lowest BCUT2D eigenvalue weighted by molar-refractivity contribution is -0.113. The van der Waals surface area contributed by atoms with Gasteiger partial charge in [-0.15, -0.1) is 16.8 Å². The molecule has 0 bridgehead atoms. The molecule has 138 valence electrons. The minimum absolute atomic E-state index is 0.153. The second-order valence-corrected chi connectivity index (χ2v) is 7.24. The van der Waals surface area contributed by atoms with E-state index in [0.717, 1.165) is 17.0 Å². The van der Waals surface area contributed by atoms with Gasteiger partial charge in [0.15, 0.2) is 11.0 Å². The van der Waals surface area contributed by atoms with Gasteiger partial charge in [-0.25, -0.2) is 0 Å². The van der Waals surface area contributed by atoms with E-state index < -0.39 is 0 Å². The predicted molar refractivity (Wildman–Crippen MR) is 111 cm³/mol. The summed E-state index contributed by atoms with van der Waals surface area (Å²) in [6.07, 6.45) is 1.78. The molecule has 1 heterocycles. The number of anilines is 1. The number of nitrogens with one attached hydrogen (secondary N) is 1. The number of carbonyl (C=O) groups excluding carboxylic acids is 1. The molecule has 0 unspecified atom stereocenters. The van der Waals surface area contributed by atoms with Gasteiger partial charge in [0.1, 0.15) is 0 Å². The lowest BCUT2D eigenvalue weighted by Crippen LogP contribution is -2.15. The lowest BCUT2D eigenvalue weighted by atomic mass is 10.2. The van der Waals surface area contributed by atoms with Crippen molar-refractivity contribution in [2.75, 3.05) is 11.1 Å². The first-order valence-corrected chi connectivity index (χ1v) is 9.73. The molecule has 0 aliphatic carbocycles. The van der Waals surface area contributed by atoms with E-state index in [1.54, 1.807) is 12.1 Å². The molecule has 7 heteroatoms. The summed E-state index contributed by atoms with van der Waals surface area (Å²) in [5.74, 6) is 0.800. The molecular formula is C20H19ClN4OS. The fraction of sp³-hybridized carbons (Fsp3) is 0.150. The number of hydrogen-bond donors (Lipinski definition) is 1. The Morgan fingerprint density at radius 1 is 1.26 bits per heavy atom. The van der Waals surface area contributed by atoms with E-state index in [-0.39, 0.29) is 11.7 Å². The Hall–Kier alpha value is -2.57. The van der Waals surface area contributed by atoms with Gasteiger partial charge in [0.05, 0.1) is 16.5 Å². The van der Waals surface area contributed by atoms with Gasteiger partial charge < -0.3 is 5.32 Å². The Bertz CT molecular complexity index is 956. The average Bonchev–Trinajstić information content (AvgIpc) is 3.06. The largest absolute Gasteiger partial charge is 0.324 e. The van der Waals surface area contributed by atoms with Crippen LogP contribution in [0.15, 0.2) is 66.3 Å². The zero-order chi connectivity index (χ0) is 19.2. The number of allylic oxidation sites excluding steroid dienone is 1. The van der Waals surface area contributed by atoms with E-state index in [4.69, 9.17) is 11.6 Å². The maximum absolute atomic E-state index is 12.3. The number of halogens is 1. The smallest absolute Gasteiger partial charge is 0.234 e. The molecule has 1 aromatic heterocycles. The number of nitrogens with zero attached hydrogens (tertiary/aromatic N) is 3. The second kappa shape index (κ2) is 8.88.